The zero-order valence-corrected chi connectivity index (χ0v) is 12.5. The summed E-state index contributed by atoms with van der Waals surface area (Å²) in [6.07, 6.45) is 6.27. The normalized spacial score (nSPS) is 21.9. The van der Waals surface area contributed by atoms with E-state index in [4.69, 9.17) is 4.74 Å². The summed E-state index contributed by atoms with van der Waals surface area (Å²) >= 11 is 0. The summed E-state index contributed by atoms with van der Waals surface area (Å²) in [5, 5.41) is 3.67. The maximum absolute atomic E-state index is 5.69. The Balaban J connectivity index is 1.94. The van der Waals surface area contributed by atoms with Crippen LogP contribution in [0.25, 0.3) is 0 Å². The van der Waals surface area contributed by atoms with Crippen molar-refractivity contribution in [1.82, 2.24) is 0 Å². The van der Waals surface area contributed by atoms with Crippen molar-refractivity contribution in [2.24, 2.45) is 5.41 Å². The van der Waals surface area contributed by atoms with E-state index in [2.05, 4.69) is 44.3 Å². The Labute approximate surface area is 117 Å². The maximum atomic E-state index is 5.69. The van der Waals surface area contributed by atoms with Gasteiger partial charge in [0.2, 0.25) is 0 Å². The first-order valence-corrected chi connectivity index (χ1v) is 7.58. The first kappa shape index (κ1) is 14.2. The topological polar surface area (TPSA) is 21.3 Å². The van der Waals surface area contributed by atoms with Gasteiger partial charge in [-0.05, 0) is 43.2 Å². The summed E-state index contributed by atoms with van der Waals surface area (Å²) in [6, 6.07) is 8.97. The summed E-state index contributed by atoms with van der Waals surface area (Å²) in [4.78, 5) is 0. The molecule has 0 aromatic heterocycles. The van der Waals surface area contributed by atoms with Crippen molar-refractivity contribution >= 4 is 5.69 Å². The molecular weight excluding hydrogens is 234 g/mol. The minimum absolute atomic E-state index is 0.478. The third-order valence-electron chi connectivity index (χ3n) is 3.88. The molecule has 1 atom stereocenters. The Bertz CT molecular complexity index is 400. The zero-order chi connectivity index (χ0) is 13.7. The highest BCUT2D eigenvalue weighted by Gasteiger charge is 2.27. The second-order valence-corrected chi connectivity index (χ2v) is 6.48. The molecule has 1 N–H and O–H groups in total. The van der Waals surface area contributed by atoms with Gasteiger partial charge in [-0.2, -0.15) is 0 Å². The van der Waals surface area contributed by atoms with Crippen molar-refractivity contribution in [1.29, 1.82) is 0 Å². The molecule has 106 valence electrons. The molecule has 0 radical (unpaired) electrons. The van der Waals surface area contributed by atoms with Crippen LogP contribution in [-0.4, -0.2) is 12.6 Å². The molecule has 2 heteroatoms. The van der Waals surface area contributed by atoms with Crippen molar-refractivity contribution < 1.29 is 4.74 Å². The first-order chi connectivity index (χ1) is 9.09. The van der Waals surface area contributed by atoms with Crippen molar-refractivity contribution in [3.8, 4) is 5.75 Å². The van der Waals surface area contributed by atoms with E-state index in [-0.39, 0.29) is 0 Å². The number of hydrogen-bond donors (Lipinski definition) is 1. The van der Waals surface area contributed by atoms with Crippen molar-refractivity contribution in [2.45, 2.75) is 58.9 Å². The molecule has 0 saturated heterocycles. The Kier molecular flexibility index (Phi) is 4.73. The quantitative estimate of drug-likeness (QED) is 0.817. The average Bonchev–Trinajstić information content (AvgIpc) is 2.35. The molecule has 19 heavy (non-hydrogen) atoms. The number of hydrogen-bond acceptors (Lipinski definition) is 2. The fourth-order valence-corrected chi connectivity index (χ4v) is 2.95. The SMILES string of the molecule is CCCOc1cccc(NC2CCCC(C)(C)C2)c1. The lowest BCUT2D eigenvalue weighted by molar-refractivity contribution is 0.229. The molecule has 2 rings (SSSR count). The highest BCUT2D eigenvalue weighted by Crippen LogP contribution is 2.36. The molecular formula is C17H27NO. The molecule has 1 unspecified atom stereocenters. The predicted molar refractivity (Wildman–Crippen MR) is 81.9 cm³/mol. The number of anilines is 1. The number of benzene rings is 1. The zero-order valence-electron chi connectivity index (χ0n) is 12.5. The summed E-state index contributed by atoms with van der Waals surface area (Å²) in [5.41, 5.74) is 1.67. The van der Waals surface area contributed by atoms with Crippen LogP contribution in [0.5, 0.6) is 5.75 Å². The summed E-state index contributed by atoms with van der Waals surface area (Å²) < 4.78 is 5.69. The van der Waals surface area contributed by atoms with E-state index in [9.17, 15) is 0 Å². The minimum Gasteiger partial charge on any atom is -0.494 e. The second-order valence-electron chi connectivity index (χ2n) is 6.48. The minimum atomic E-state index is 0.478. The van der Waals surface area contributed by atoms with Crippen LogP contribution in [0.1, 0.15) is 52.9 Å². The van der Waals surface area contributed by atoms with Crippen LogP contribution in [0.2, 0.25) is 0 Å². The van der Waals surface area contributed by atoms with Crippen LogP contribution in [-0.2, 0) is 0 Å². The largest absolute Gasteiger partial charge is 0.494 e. The first-order valence-electron chi connectivity index (χ1n) is 7.58. The van der Waals surface area contributed by atoms with Crippen molar-refractivity contribution in [2.75, 3.05) is 11.9 Å². The lowest BCUT2D eigenvalue weighted by atomic mass is 9.75. The van der Waals surface area contributed by atoms with Gasteiger partial charge in [-0.3, -0.25) is 0 Å². The van der Waals surface area contributed by atoms with Gasteiger partial charge < -0.3 is 10.1 Å². The van der Waals surface area contributed by atoms with E-state index in [1.165, 1.54) is 31.4 Å². The summed E-state index contributed by atoms with van der Waals surface area (Å²) in [5.74, 6) is 0.974. The molecule has 1 fully saturated rings. The molecule has 1 aliphatic rings. The van der Waals surface area contributed by atoms with Crippen molar-refractivity contribution in [3.05, 3.63) is 24.3 Å². The Morgan fingerprint density at radius 3 is 2.95 bits per heavy atom. The van der Waals surface area contributed by atoms with Crippen LogP contribution in [0, 0.1) is 5.41 Å². The summed E-state index contributed by atoms with van der Waals surface area (Å²) in [6.45, 7) is 7.68. The monoisotopic (exact) mass is 261 g/mol. The van der Waals surface area contributed by atoms with E-state index in [1.807, 2.05) is 6.07 Å². The van der Waals surface area contributed by atoms with Gasteiger partial charge in [0.25, 0.3) is 0 Å². The van der Waals surface area contributed by atoms with E-state index in [1.54, 1.807) is 0 Å². The molecule has 1 aliphatic carbocycles. The van der Waals surface area contributed by atoms with Crippen molar-refractivity contribution in [3.63, 3.8) is 0 Å². The fraction of sp³-hybridized carbons (Fsp3) is 0.647. The highest BCUT2D eigenvalue weighted by molar-refractivity contribution is 5.49. The van der Waals surface area contributed by atoms with Gasteiger partial charge in [-0.1, -0.05) is 33.3 Å². The average molecular weight is 261 g/mol. The molecule has 1 saturated carbocycles. The third-order valence-corrected chi connectivity index (χ3v) is 3.88. The molecule has 2 nitrogen and oxygen atoms in total. The Morgan fingerprint density at radius 2 is 2.21 bits per heavy atom. The predicted octanol–water partition coefficient (Wildman–Crippen LogP) is 4.86. The molecule has 0 amide bonds. The number of nitrogens with one attached hydrogen (secondary N) is 1. The number of ether oxygens (including phenoxy) is 1. The molecule has 0 spiro atoms. The van der Waals surface area contributed by atoms with Gasteiger partial charge in [-0.15, -0.1) is 0 Å². The standard InChI is InChI=1S/C17H27NO/c1-4-11-19-16-9-5-7-14(12-16)18-15-8-6-10-17(2,3)13-15/h5,7,9,12,15,18H,4,6,8,10-11,13H2,1-3H3. The van der Waals surface area contributed by atoms with Gasteiger partial charge in [0.1, 0.15) is 5.75 Å². The fourth-order valence-electron chi connectivity index (χ4n) is 2.95. The van der Waals surface area contributed by atoms with E-state index in [0.717, 1.165) is 18.8 Å². The lowest BCUT2D eigenvalue weighted by Gasteiger charge is -2.36. The Hall–Kier alpha value is -1.18. The van der Waals surface area contributed by atoms with Crippen LogP contribution in [0.15, 0.2) is 24.3 Å². The Morgan fingerprint density at radius 1 is 1.37 bits per heavy atom. The summed E-state index contributed by atoms with van der Waals surface area (Å²) in [7, 11) is 0. The van der Waals surface area contributed by atoms with Gasteiger partial charge in [0.05, 0.1) is 6.61 Å². The van der Waals surface area contributed by atoms with Gasteiger partial charge in [-0.25, -0.2) is 0 Å². The molecule has 0 bridgehead atoms. The third kappa shape index (κ3) is 4.45. The smallest absolute Gasteiger partial charge is 0.121 e. The van der Waals surface area contributed by atoms with Crippen LogP contribution >= 0.6 is 0 Å². The van der Waals surface area contributed by atoms with Gasteiger partial charge >= 0.3 is 0 Å². The molecule has 0 heterocycles. The van der Waals surface area contributed by atoms with Crippen LogP contribution in [0.3, 0.4) is 0 Å². The highest BCUT2D eigenvalue weighted by atomic mass is 16.5. The molecule has 1 aromatic rings. The van der Waals surface area contributed by atoms with Gasteiger partial charge in [0, 0.05) is 17.8 Å². The second kappa shape index (κ2) is 6.31. The molecule has 0 aliphatic heterocycles. The number of rotatable bonds is 5. The van der Waals surface area contributed by atoms with Crippen LogP contribution in [0.4, 0.5) is 5.69 Å². The lowest BCUT2D eigenvalue weighted by Crippen LogP contribution is -2.31. The van der Waals surface area contributed by atoms with Crippen LogP contribution < -0.4 is 10.1 Å². The van der Waals surface area contributed by atoms with E-state index in [0.29, 0.717) is 11.5 Å². The van der Waals surface area contributed by atoms with E-state index < -0.39 is 0 Å². The van der Waals surface area contributed by atoms with Gasteiger partial charge in [0.15, 0.2) is 0 Å². The van der Waals surface area contributed by atoms with E-state index >= 15 is 0 Å². The maximum Gasteiger partial charge on any atom is 0.121 e. The molecule has 1 aromatic carbocycles.